The molecule has 0 amide bonds. The predicted octanol–water partition coefficient (Wildman–Crippen LogP) is 5.22. The number of rotatable bonds is 6. The van der Waals surface area contributed by atoms with Gasteiger partial charge in [0.05, 0.1) is 6.61 Å². The number of hydrogen-bond donors (Lipinski definition) is 0. The van der Waals surface area contributed by atoms with Gasteiger partial charge in [0.2, 0.25) is 0 Å². The van der Waals surface area contributed by atoms with Gasteiger partial charge in [0, 0.05) is 22.5 Å². The van der Waals surface area contributed by atoms with Crippen molar-refractivity contribution < 1.29 is 4.74 Å². The molecule has 0 aliphatic rings. The molecule has 3 aromatic carbocycles. The first-order valence-corrected chi connectivity index (χ1v) is 8.02. The van der Waals surface area contributed by atoms with Crippen LogP contribution in [0.4, 0.5) is 0 Å². The third-order valence-electron chi connectivity index (χ3n) is 3.22. The van der Waals surface area contributed by atoms with Crippen molar-refractivity contribution in [3.05, 3.63) is 79.2 Å². The Bertz CT molecular complexity index is 689. The molecule has 0 aromatic heterocycles. The third kappa shape index (κ3) is 3.79. The van der Waals surface area contributed by atoms with E-state index in [2.05, 4.69) is 55.0 Å². The number of fused-ring (bicyclic) bond motifs is 1. The molecular weight excluding hydrogens is 276 g/mol. The van der Waals surface area contributed by atoms with Crippen LogP contribution in [-0.2, 0) is 0 Å². The van der Waals surface area contributed by atoms with E-state index >= 15 is 0 Å². The molecule has 1 nitrogen and oxygen atoms in total. The highest BCUT2D eigenvalue weighted by Gasteiger charge is 2.01. The molecule has 0 saturated heterocycles. The number of benzene rings is 3. The first kappa shape index (κ1) is 14.0. The van der Waals surface area contributed by atoms with Gasteiger partial charge in [-0.3, -0.25) is 0 Å². The Morgan fingerprint density at radius 3 is 2.48 bits per heavy atom. The van der Waals surface area contributed by atoms with Gasteiger partial charge in [0.15, 0.2) is 0 Å². The van der Waals surface area contributed by atoms with E-state index in [9.17, 15) is 0 Å². The van der Waals surface area contributed by atoms with Crippen LogP contribution in [0.3, 0.4) is 0 Å². The highest BCUT2D eigenvalue weighted by molar-refractivity contribution is 7.99. The third-order valence-corrected chi connectivity index (χ3v) is 4.23. The minimum atomic E-state index is 0.633. The average Bonchev–Trinajstić information content (AvgIpc) is 2.56. The molecular formula is C19H17OS. The fourth-order valence-electron chi connectivity index (χ4n) is 2.19. The maximum Gasteiger partial charge on any atom is 0.127 e. The summed E-state index contributed by atoms with van der Waals surface area (Å²) in [6, 6.07) is 24.9. The molecule has 21 heavy (non-hydrogen) atoms. The molecule has 1 radical (unpaired) electrons. The van der Waals surface area contributed by atoms with E-state index in [-0.39, 0.29) is 0 Å². The fraction of sp³-hybridized carbons (Fsp3) is 0.105. The van der Waals surface area contributed by atoms with E-state index in [1.807, 2.05) is 36.0 Å². The van der Waals surface area contributed by atoms with Crippen molar-refractivity contribution in [1.82, 2.24) is 0 Å². The van der Waals surface area contributed by atoms with Crippen molar-refractivity contribution in [1.29, 1.82) is 0 Å². The van der Waals surface area contributed by atoms with Crippen molar-refractivity contribution in [2.75, 3.05) is 12.4 Å². The van der Waals surface area contributed by atoms with Crippen LogP contribution in [0.1, 0.15) is 0 Å². The van der Waals surface area contributed by atoms with E-state index < -0.39 is 0 Å². The second-order valence-electron chi connectivity index (χ2n) is 4.70. The molecule has 0 saturated carbocycles. The Morgan fingerprint density at radius 1 is 0.810 bits per heavy atom. The minimum Gasteiger partial charge on any atom is -0.493 e. The lowest BCUT2D eigenvalue weighted by molar-refractivity contribution is 0.354. The van der Waals surface area contributed by atoms with Gasteiger partial charge < -0.3 is 4.74 Å². The minimum absolute atomic E-state index is 0.633. The highest BCUT2D eigenvalue weighted by Crippen LogP contribution is 2.25. The van der Waals surface area contributed by atoms with Gasteiger partial charge >= 0.3 is 0 Å². The Balaban J connectivity index is 1.51. The fourth-order valence-corrected chi connectivity index (χ4v) is 2.95. The molecule has 0 aliphatic carbocycles. The van der Waals surface area contributed by atoms with E-state index in [1.54, 1.807) is 0 Å². The lowest BCUT2D eigenvalue weighted by Crippen LogP contribution is -2.00. The smallest absolute Gasteiger partial charge is 0.127 e. The van der Waals surface area contributed by atoms with Crippen LogP contribution < -0.4 is 4.74 Å². The van der Waals surface area contributed by atoms with Crippen LogP contribution in [0.25, 0.3) is 10.8 Å². The monoisotopic (exact) mass is 293 g/mol. The van der Waals surface area contributed by atoms with Crippen molar-refractivity contribution in [3.8, 4) is 5.75 Å². The van der Waals surface area contributed by atoms with Gasteiger partial charge in [0.25, 0.3) is 0 Å². The zero-order valence-electron chi connectivity index (χ0n) is 11.7. The Hall–Kier alpha value is -1.93. The maximum atomic E-state index is 5.89. The van der Waals surface area contributed by atoms with Crippen LogP contribution >= 0.6 is 11.8 Å². The van der Waals surface area contributed by atoms with E-state index in [0.717, 1.165) is 11.5 Å². The summed E-state index contributed by atoms with van der Waals surface area (Å²) in [6.45, 7) is 0.633. The first-order valence-electron chi connectivity index (χ1n) is 7.03. The van der Waals surface area contributed by atoms with Gasteiger partial charge in [-0.1, -0.05) is 54.6 Å². The summed E-state index contributed by atoms with van der Waals surface area (Å²) in [5.74, 6) is 1.91. The Morgan fingerprint density at radius 2 is 1.57 bits per heavy atom. The average molecular weight is 293 g/mol. The van der Waals surface area contributed by atoms with Crippen LogP contribution in [-0.4, -0.2) is 12.4 Å². The quantitative estimate of drug-likeness (QED) is 0.455. The van der Waals surface area contributed by atoms with E-state index in [0.29, 0.717) is 6.61 Å². The SMILES string of the molecule is [CH](COc1cccc2ccccc12)CSc1ccccc1. The molecule has 0 aliphatic heterocycles. The largest absolute Gasteiger partial charge is 0.493 e. The van der Waals surface area contributed by atoms with Crippen LogP contribution in [0.15, 0.2) is 77.7 Å². The van der Waals surface area contributed by atoms with Crippen molar-refractivity contribution >= 4 is 22.5 Å². The first-order chi connectivity index (χ1) is 10.4. The molecule has 2 heteroatoms. The standard InChI is InChI=1S/C19H17OS/c1-2-10-17(11-3-1)21-15-7-14-20-19-13-6-9-16-8-4-5-12-18(16)19/h1-13H,14-15H2. The highest BCUT2D eigenvalue weighted by atomic mass is 32.2. The number of hydrogen-bond acceptors (Lipinski definition) is 2. The van der Waals surface area contributed by atoms with Crippen molar-refractivity contribution in [3.63, 3.8) is 0 Å². The Labute approximate surface area is 130 Å². The molecule has 0 N–H and O–H groups in total. The summed E-state index contributed by atoms with van der Waals surface area (Å²) in [6.07, 6.45) is 2.17. The van der Waals surface area contributed by atoms with Crippen LogP contribution in [0, 0.1) is 6.42 Å². The summed E-state index contributed by atoms with van der Waals surface area (Å²) in [7, 11) is 0. The van der Waals surface area contributed by atoms with E-state index in [1.165, 1.54) is 15.7 Å². The van der Waals surface area contributed by atoms with Crippen LogP contribution in [0.5, 0.6) is 5.75 Å². The van der Waals surface area contributed by atoms with Gasteiger partial charge in [-0.25, -0.2) is 0 Å². The lowest BCUT2D eigenvalue weighted by Gasteiger charge is -2.09. The second kappa shape index (κ2) is 7.19. The molecule has 0 spiro atoms. The van der Waals surface area contributed by atoms with Crippen molar-refractivity contribution in [2.45, 2.75) is 4.90 Å². The normalized spacial score (nSPS) is 10.7. The lowest BCUT2D eigenvalue weighted by atomic mass is 10.1. The van der Waals surface area contributed by atoms with Gasteiger partial charge in [0.1, 0.15) is 5.75 Å². The zero-order chi connectivity index (χ0) is 14.3. The summed E-state index contributed by atoms with van der Waals surface area (Å²) >= 11 is 1.82. The topological polar surface area (TPSA) is 9.23 Å². The van der Waals surface area contributed by atoms with Gasteiger partial charge in [-0.15, -0.1) is 11.8 Å². The second-order valence-corrected chi connectivity index (χ2v) is 5.79. The van der Waals surface area contributed by atoms with Gasteiger partial charge in [-0.2, -0.15) is 0 Å². The molecule has 0 atom stereocenters. The van der Waals surface area contributed by atoms with Crippen molar-refractivity contribution in [2.24, 2.45) is 0 Å². The number of thioether (sulfide) groups is 1. The van der Waals surface area contributed by atoms with Gasteiger partial charge in [-0.05, 0) is 23.6 Å². The number of ether oxygens (including phenoxy) is 1. The summed E-state index contributed by atoms with van der Waals surface area (Å²) in [4.78, 5) is 1.29. The molecule has 3 rings (SSSR count). The molecule has 3 aromatic rings. The predicted molar refractivity (Wildman–Crippen MR) is 90.9 cm³/mol. The Kier molecular flexibility index (Phi) is 4.80. The summed E-state index contributed by atoms with van der Waals surface area (Å²) < 4.78 is 5.89. The molecule has 0 bridgehead atoms. The molecule has 0 unspecified atom stereocenters. The molecule has 0 fully saturated rings. The zero-order valence-corrected chi connectivity index (χ0v) is 12.6. The molecule has 0 heterocycles. The molecule has 105 valence electrons. The maximum absolute atomic E-state index is 5.89. The summed E-state index contributed by atoms with van der Waals surface area (Å²) in [5, 5.41) is 2.39. The van der Waals surface area contributed by atoms with E-state index in [4.69, 9.17) is 4.74 Å². The summed E-state index contributed by atoms with van der Waals surface area (Å²) in [5.41, 5.74) is 0. The van der Waals surface area contributed by atoms with Crippen LogP contribution in [0.2, 0.25) is 0 Å².